The third kappa shape index (κ3) is 16.4. The van der Waals surface area contributed by atoms with Crippen LogP contribution in [0.2, 0.25) is 24.2 Å². The van der Waals surface area contributed by atoms with Gasteiger partial charge in [0.1, 0.15) is 27.2 Å². The van der Waals surface area contributed by atoms with Crippen LogP contribution in [0.15, 0.2) is 72.8 Å². The maximum Gasteiger partial charge on any atom is 0.170 e. The number of rotatable bonds is 42. The van der Waals surface area contributed by atoms with Gasteiger partial charge in [-0.3, -0.25) is 0 Å². The number of halogens is 2. The lowest BCUT2D eigenvalue weighted by molar-refractivity contribution is 0.452. The van der Waals surface area contributed by atoms with Gasteiger partial charge in [-0.15, -0.1) is 90.7 Å². The highest BCUT2D eigenvalue weighted by Gasteiger charge is 2.52. The number of aromatic nitrogens is 2. The summed E-state index contributed by atoms with van der Waals surface area (Å²) < 4.78 is 47.4. The SMILES string of the molecule is CCCCC(CC)Cc1ccc(-c2ccc(-c3cc4c(s3)-c3sc(-c5c(F)c(F)c(-c6cc7c(s6)-c6sc(-c8ccc(-c9ccc(CC(CC)CCCC)s9)s8)cc6[Si]7(CC(CC)CCCC)CC(CC)CCCC)c6nsnc56)cc3[Si]4(CC(CC)CCCC)CC(CC)CCCC)s2)s1. The molecule has 0 saturated heterocycles. The molecule has 15 heteroatoms. The summed E-state index contributed by atoms with van der Waals surface area (Å²) in [6, 6.07) is 34.0. The molecule has 6 atom stereocenters. The topological polar surface area (TPSA) is 25.8 Å². The largest absolute Gasteiger partial charge is 0.203 e. The lowest BCUT2D eigenvalue weighted by Gasteiger charge is -2.35. The van der Waals surface area contributed by atoms with Crippen molar-refractivity contribution >= 4 is 150 Å². The van der Waals surface area contributed by atoms with Gasteiger partial charge in [-0.25, -0.2) is 8.78 Å². The van der Waals surface area contributed by atoms with E-state index in [1.165, 1.54) is 244 Å². The summed E-state index contributed by atoms with van der Waals surface area (Å²) in [5, 5.41) is 6.19. The van der Waals surface area contributed by atoms with Crippen molar-refractivity contribution in [2.24, 2.45) is 35.5 Å². The first-order valence-corrected chi connectivity index (χ1v) is 52.0. The molecular weight excluding hydrogens is 1440 g/mol. The molecule has 11 heterocycles. The Hall–Kier alpha value is -3.07. The van der Waals surface area contributed by atoms with Gasteiger partial charge in [-0.05, 0) is 166 Å². The predicted octanol–water partition coefficient (Wildman–Crippen LogP) is 29.9. The Labute approximate surface area is 645 Å². The van der Waals surface area contributed by atoms with Gasteiger partial charge in [0.2, 0.25) is 0 Å². The minimum absolute atomic E-state index is 0.313. The molecule has 10 aromatic rings. The Balaban J connectivity index is 0.968. The average Bonchev–Trinajstić information content (AvgIpc) is 1.54. The van der Waals surface area contributed by atoms with Crippen LogP contribution in [0.3, 0.4) is 0 Å². The van der Waals surface area contributed by atoms with Crippen molar-refractivity contribution in [3.8, 4) is 79.4 Å². The zero-order chi connectivity index (χ0) is 71.0. The third-order valence-corrected chi connectivity index (χ3v) is 45.9. The molecule has 544 valence electrons. The summed E-state index contributed by atoms with van der Waals surface area (Å²) in [6.45, 7) is 28.4. The molecule has 2 nitrogen and oxygen atoms in total. The normalized spacial score (nSPS) is 17.4. The molecule has 6 unspecified atom stereocenters. The summed E-state index contributed by atoms with van der Waals surface area (Å²) >= 11 is 16.4. The van der Waals surface area contributed by atoms with Crippen molar-refractivity contribution in [2.45, 2.75) is 274 Å². The van der Waals surface area contributed by atoms with E-state index in [1.807, 2.05) is 68.0 Å². The summed E-state index contributed by atoms with van der Waals surface area (Å²) in [7, 11) is -5.08. The van der Waals surface area contributed by atoms with Gasteiger partial charge >= 0.3 is 0 Å². The molecule has 1 aromatic carbocycles. The Morgan fingerprint density at radius 1 is 0.307 bits per heavy atom. The maximum absolute atomic E-state index is 18.6. The van der Waals surface area contributed by atoms with Crippen LogP contribution in [0.5, 0.6) is 0 Å². The average molecular weight is 1560 g/mol. The van der Waals surface area contributed by atoms with Crippen LogP contribution < -0.4 is 20.7 Å². The van der Waals surface area contributed by atoms with Gasteiger partial charge in [0, 0.05) is 78.0 Å². The number of unbranched alkanes of at least 4 members (excludes halogenated alkanes) is 6. The van der Waals surface area contributed by atoms with E-state index < -0.39 is 27.8 Å². The molecule has 0 amide bonds. The lowest BCUT2D eigenvalue weighted by Crippen LogP contribution is -2.56. The Morgan fingerprint density at radius 2 is 0.564 bits per heavy atom. The first-order chi connectivity index (χ1) is 49.3. The standard InChI is InChI=1S/C86H114F2N2S9Si2/c1-13-25-31-55(19-7)45-61-37-39-63(91-61)65-41-43-67(93-65)69-47-73-83(95-69)85-75(100(73,51-57(21-9)33-27-15-3)52-58(22-10)34-28-16-4)49-71(97-85)77-79(87)80(88)78(82-81(77)89-99-90-82)72-50-76-86(98-72)84-74(101(76,53-59(23-11)35-29-17-5)54-60(24-12)36-30-18-6)48-70(96-84)68-44-42-66(94-68)64-40-38-62(92-64)46-56(20-8)32-26-14-2/h37-44,47-50,55-60H,13-36,45-46,51-54H2,1-12H3. The molecule has 0 radical (unpaired) electrons. The van der Waals surface area contributed by atoms with E-state index in [2.05, 4.69) is 156 Å². The molecule has 0 saturated carbocycles. The number of fused-ring (bicyclic) bond motifs is 7. The number of thiophene rings is 8. The van der Waals surface area contributed by atoms with Crippen LogP contribution in [0.4, 0.5) is 8.78 Å². The lowest BCUT2D eigenvalue weighted by atomic mass is 9.95. The number of nitrogens with zero attached hydrogens (tertiary/aromatic N) is 2. The van der Waals surface area contributed by atoms with Gasteiger partial charge in [0.05, 0.1) is 22.9 Å². The van der Waals surface area contributed by atoms with Gasteiger partial charge in [-0.1, -0.05) is 237 Å². The second kappa shape index (κ2) is 35.8. The number of benzene rings is 1. The molecule has 2 aliphatic heterocycles. The Bertz CT molecular complexity index is 3980. The fourth-order valence-corrected chi connectivity index (χ4v) is 43.6. The summed E-state index contributed by atoms with van der Waals surface area (Å²) in [5.41, 5.74) is 1.66. The van der Waals surface area contributed by atoms with E-state index >= 15 is 8.78 Å². The maximum atomic E-state index is 18.6. The van der Waals surface area contributed by atoms with Crippen molar-refractivity contribution in [1.29, 1.82) is 0 Å². The minimum atomic E-state index is -2.54. The summed E-state index contributed by atoms with van der Waals surface area (Å²) in [4.78, 5) is 21.0. The summed E-state index contributed by atoms with van der Waals surface area (Å²) in [6.07, 6.45) is 31.9. The predicted molar refractivity (Wildman–Crippen MR) is 460 cm³/mol. The molecule has 0 spiro atoms. The van der Waals surface area contributed by atoms with Crippen LogP contribution in [-0.2, 0) is 12.8 Å². The van der Waals surface area contributed by atoms with E-state index in [4.69, 9.17) is 8.75 Å². The fourth-order valence-electron chi connectivity index (χ4n) is 17.5. The summed E-state index contributed by atoms with van der Waals surface area (Å²) in [5.74, 6) is 2.36. The van der Waals surface area contributed by atoms with Crippen molar-refractivity contribution < 1.29 is 8.78 Å². The van der Waals surface area contributed by atoms with Gasteiger partial charge in [0.15, 0.2) is 11.6 Å². The van der Waals surface area contributed by atoms with Crippen molar-refractivity contribution in [3.05, 3.63) is 94.2 Å². The minimum Gasteiger partial charge on any atom is -0.203 e. The van der Waals surface area contributed by atoms with Gasteiger partial charge in [-0.2, -0.15) is 8.75 Å². The molecule has 12 rings (SSSR count). The zero-order valence-corrected chi connectivity index (χ0v) is 72.3. The Kier molecular flexibility index (Phi) is 27.5. The van der Waals surface area contributed by atoms with E-state index in [9.17, 15) is 0 Å². The van der Waals surface area contributed by atoms with Crippen molar-refractivity contribution in [2.75, 3.05) is 0 Å². The number of hydrogen-bond donors (Lipinski definition) is 0. The molecule has 2 aliphatic rings. The molecule has 9 aromatic heterocycles. The molecule has 101 heavy (non-hydrogen) atoms. The molecule has 0 bridgehead atoms. The second-order valence-corrected chi connectivity index (χ2v) is 47.9. The number of hydrogen-bond acceptors (Lipinski definition) is 11. The zero-order valence-electron chi connectivity index (χ0n) is 62.9. The fraction of sp³-hybridized carbons (Fsp3) is 0.558. The highest BCUT2D eigenvalue weighted by molar-refractivity contribution is 7.35. The van der Waals surface area contributed by atoms with Gasteiger partial charge in [0.25, 0.3) is 0 Å². The molecule has 0 aliphatic carbocycles. The molecule has 0 fully saturated rings. The van der Waals surface area contributed by atoms with E-state index in [0.717, 1.165) is 59.0 Å². The van der Waals surface area contributed by atoms with Crippen molar-refractivity contribution in [1.82, 2.24) is 8.75 Å². The monoisotopic (exact) mass is 1560 g/mol. The first-order valence-electron chi connectivity index (χ1n) is 39.9. The van der Waals surface area contributed by atoms with Crippen LogP contribution in [0.1, 0.15) is 247 Å². The molecule has 0 N–H and O–H groups in total. The third-order valence-electron chi connectivity index (χ3n) is 23.8. The van der Waals surface area contributed by atoms with Crippen molar-refractivity contribution in [3.63, 3.8) is 0 Å². The van der Waals surface area contributed by atoms with E-state index in [0.29, 0.717) is 45.8 Å². The highest BCUT2D eigenvalue weighted by Crippen LogP contribution is 2.55. The van der Waals surface area contributed by atoms with Crippen LogP contribution >= 0.6 is 102 Å². The van der Waals surface area contributed by atoms with Crippen LogP contribution in [0.25, 0.3) is 90.4 Å². The molecular formula is C86H114F2N2S9Si2. The van der Waals surface area contributed by atoms with Crippen LogP contribution in [0, 0.1) is 47.1 Å². The van der Waals surface area contributed by atoms with Crippen LogP contribution in [-0.4, -0.2) is 24.9 Å². The highest BCUT2D eigenvalue weighted by atomic mass is 32.1. The van der Waals surface area contributed by atoms with E-state index in [-0.39, 0.29) is 0 Å². The second-order valence-electron chi connectivity index (χ2n) is 30.5. The smallest absolute Gasteiger partial charge is 0.170 e. The van der Waals surface area contributed by atoms with Gasteiger partial charge < -0.3 is 0 Å². The first kappa shape index (κ1) is 77.5. The Morgan fingerprint density at radius 3 is 0.861 bits per heavy atom. The quantitative estimate of drug-likeness (QED) is 0.0356. The van der Waals surface area contributed by atoms with E-state index in [1.54, 1.807) is 33.0 Å².